The quantitative estimate of drug-likeness (QED) is 0.812. The van der Waals surface area contributed by atoms with E-state index in [4.69, 9.17) is 4.74 Å². The molecule has 0 spiro atoms. The second kappa shape index (κ2) is 8.17. The van der Waals surface area contributed by atoms with E-state index in [0.29, 0.717) is 19.8 Å². The molecular weight excluding hydrogens is 270 g/mol. The normalized spacial score (nSPS) is 12.8. The Kier molecular flexibility index (Phi) is 6.21. The zero-order valence-corrected chi connectivity index (χ0v) is 12.6. The van der Waals surface area contributed by atoms with Crippen LogP contribution in [0.4, 0.5) is 0 Å². The van der Waals surface area contributed by atoms with Crippen molar-refractivity contribution in [1.29, 1.82) is 0 Å². The molecule has 1 heterocycles. The molecule has 0 amide bonds. The molecule has 0 aliphatic heterocycles. The van der Waals surface area contributed by atoms with Crippen molar-refractivity contribution in [3.05, 3.63) is 58.3 Å². The molecule has 3 nitrogen and oxygen atoms in total. The summed E-state index contributed by atoms with van der Waals surface area (Å²) >= 11 is 1.70. The van der Waals surface area contributed by atoms with Crippen molar-refractivity contribution in [2.24, 2.45) is 0 Å². The van der Waals surface area contributed by atoms with Gasteiger partial charge in [-0.1, -0.05) is 30.3 Å². The van der Waals surface area contributed by atoms with Crippen LogP contribution < -0.4 is 0 Å². The largest absolute Gasteiger partial charge is 0.389 e. The lowest BCUT2D eigenvalue weighted by molar-refractivity contribution is 0.0127. The molecular formula is C16H21NO2S. The van der Waals surface area contributed by atoms with Gasteiger partial charge < -0.3 is 9.84 Å². The fourth-order valence-electron chi connectivity index (χ4n) is 2.06. The van der Waals surface area contributed by atoms with Gasteiger partial charge in [0, 0.05) is 13.1 Å². The summed E-state index contributed by atoms with van der Waals surface area (Å²) in [4.78, 5) is 2.11. The van der Waals surface area contributed by atoms with Gasteiger partial charge in [0.1, 0.15) is 0 Å². The van der Waals surface area contributed by atoms with Gasteiger partial charge in [-0.15, -0.1) is 0 Å². The molecule has 1 N–H and O–H groups in total. The second-order valence-electron chi connectivity index (χ2n) is 4.98. The van der Waals surface area contributed by atoms with Crippen LogP contribution in [0.1, 0.15) is 11.1 Å². The van der Waals surface area contributed by atoms with Gasteiger partial charge in [0.15, 0.2) is 0 Å². The molecule has 1 aromatic heterocycles. The van der Waals surface area contributed by atoms with E-state index in [-0.39, 0.29) is 0 Å². The van der Waals surface area contributed by atoms with Crippen molar-refractivity contribution in [2.45, 2.75) is 19.3 Å². The predicted molar refractivity (Wildman–Crippen MR) is 82.8 cm³/mol. The minimum Gasteiger partial charge on any atom is -0.389 e. The minimum absolute atomic E-state index is 0.364. The zero-order chi connectivity index (χ0) is 14.2. The third-order valence-electron chi connectivity index (χ3n) is 2.98. The smallest absolute Gasteiger partial charge is 0.0900 e. The molecule has 20 heavy (non-hydrogen) atoms. The molecule has 2 rings (SSSR count). The van der Waals surface area contributed by atoms with Crippen LogP contribution in [0.5, 0.6) is 0 Å². The van der Waals surface area contributed by atoms with Crippen molar-refractivity contribution in [2.75, 3.05) is 20.2 Å². The number of aliphatic hydroxyl groups is 1. The average Bonchev–Trinajstić information content (AvgIpc) is 2.92. The van der Waals surface area contributed by atoms with E-state index in [2.05, 4.69) is 21.7 Å². The monoisotopic (exact) mass is 291 g/mol. The molecule has 0 saturated carbocycles. The number of rotatable bonds is 8. The molecule has 0 bridgehead atoms. The van der Waals surface area contributed by atoms with Gasteiger partial charge in [0.2, 0.25) is 0 Å². The summed E-state index contributed by atoms with van der Waals surface area (Å²) in [5.41, 5.74) is 2.42. The van der Waals surface area contributed by atoms with Crippen molar-refractivity contribution in [3.63, 3.8) is 0 Å². The highest BCUT2D eigenvalue weighted by Gasteiger charge is 2.09. The van der Waals surface area contributed by atoms with Crippen molar-refractivity contribution < 1.29 is 9.84 Å². The summed E-state index contributed by atoms with van der Waals surface area (Å²) < 4.78 is 5.54. The van der Waals surface area contributed by atoms with Gasteiger partial charge in [0.25, 0.3) is 0 Å². The highest BCUT2D eigenvalue weighted by molar-refractivity contribution is 7.07. The molecule has 0 saturated heterocycles. The van der Waals surface area contributed by atoms with E-state index in [1.807, 2.05) is 37.4 Å². The Balaban J connectivity index is 1.63. The van der Waals surface area contributed by atoms with Gasteiger partial charge in [-0.2, -0.15) is 11.3 Å². The lowest BCUT2D eigenvalue weighted by Crippen LogP contribution is -2.31. The molecule has 1 atom stereocenters. The van der Waals surface area contributed by atoms with Crippen molar-refractivity contribution in [3.8, 4) is 0 Å². The Morgan fingerprint density at radius 3 is 2.70 bits per heavy atom. The average molecular weight is 291 g/mol. The topological polar surface area (TPSA) is 32.7 Å². The van der Waals surface area contributed by atoms with Crippen LogP contribution >= 0.6 is 11.3 Å². The summed E-state index contributed by atoms with van der Waals surface area (Å²) in [6, 6.07) is 12.1. The lowest BCUT2D eigenvalue weighted by Gasteiger charge is -2.20. The summed E-state index contributed by atoms with van der Waals surface area (Å²) in [5, 5.41) is 14.2. The number of hydrogen-bond donors (Lipinski definition) is 1. The van der Waals surface area contributed by atoms with E-state index in [1.54, 1.807) is 11.3 Å². The highest BCUT2D eigenvalue weighted by atomic mass is 32.1. The SMILES string of the molecule is CN(Cc1ccsc1)CC(O)COCc1ccccc1. The first-order valence-electron chi connectivity index (χ1n) is 6.73. The van der Waals surface area contributed by atoms with Crippen LogP contribution in [0.3, 0.4) is 0 Å². The van der Waals surface area contributed by atoms with Gasteiger partial charge in [-0.25, -0.2) is 0 Å². The molecule has 4 heteroatoms. The minimum atomic E-state index is -0.456. The maximum absolute atomic E-state index is 9.96. The number of hydrogen-bond acceptors (Lipinski definition) is 4. The number of aliphatic hydroxyl groups excluding tert-OH is 1. The number of nitrogens with zero attached hydrogens (tertiary/aromatic N) is 1. The number of ether oxygens (including phenoxy) is 1. The summed E-state index contributed by atoms with van der Waals surface area (Å²) in [5.74, 6) is 0. The first kappa shape index (κ1) is 15.2. The van der Waals surface area contributed by atoms with Crippen LogP contribution in [0.15, 0.2) is 47.2 Å². The third-order valence-corrected chi connectivity index (χ3v) is 3.71. The third kappa shape index (κ3) is 5.43. The van der Waals surface area contributed by atoms with Crippen molar-refractivity contribution >= 4 is 11.3 Å². The molecule has 1 unspecified atom stereocenters. The fourth-order valence-corrected chi connectivity index (χ4v) is 2.72. The van der Waals surface area contributed by atoms with E-state index in [9.17, 15) is 5.11 Å². The zero-order valence-electron chi connectivity index (χ0n) is 11.7. The summed E-state index contributed by atoms with van der Waals surface area (Å²) in [7, 11) is 2.01. The number of benzene rings is 1. The first-order valence-corrected chi connectivity index (χ1v) is 7.67. The van der Waals surface area contributed by atoms with E-state index in [1.165, 1.54) is 5.56 Å². The van der Waals surface area contributed by atoms with Crippen LogP contribution in [0.25, 0.3) is 0 Å². The molecule has 1 aromatic carbocycles. The van der Waals surface area contributed by atoms with E-state index < -0.39 is 6.10 Å². The molecule has 0 fully saturated rings. The molecule has 0 radical (unpaired) electrons. The second-order valence-corrected chi connectivity index (χ2v) is 5.76. The van der Waals surface area contributed by atoms with Crippen LogP contribution in [0, 0.1) is 0 Å². The summed E-state index contributed by atoms with van der Waals surface area (Å²) in [6.45, 7) is 2.39. The highest BCUT2D eigenvalue weighted by Crippen LogP contribution is 2.08. The fraction of sp³-hybridized carbons (Fsp3) is 0.375. The van der Waals surface area contributed by atoms with Gasteiger partial charge in [0.05, 0.1) is 19.3 Å². The predicted octanol–water partition coefficient (Wildman–Crippen LogP) is 2.76. The first-order chi connectivity index (χ1) is 9.74. The maximum Gasteiger partial charge on any atom is 0.0900 e. The number of thiophene rings is 1. The van der Waals surface area contributed by atoms with Crippen LogP contribution in [0.2, 0.25) is 0 Å². The van der Waals surface area contributed by atoms with E-state index in [0.717, 1.165) is 12.1 Å². The van der Waals surface area contributed by atoms with E-state index >= 15 is 0 Å². The lowest BCUT2D eigenvalue weighted by atomic mass is 10.2. The van der Waals surface area contributed by atoms with Crippen LogP contribution in [-0.4, -0.2) is 36.3 Å². The Morgan fingerprint density at radius 1 is 1.20 bits per heavy atom. The Labute approximate surface area is 124 Å². The molecule has 108 valence electrons. The molecule has 0 aliphatic rings. The summed E-state index contributed by atoms with van der Waals surface area (Å²) in [6.07, 6.45) is -0.456. The van der Waals surface area contributed by atoms with Gasteiger partial charge >= 0.3 is 0 Å². The van der Waals surface area contributed by atoms with Crippen LogP contribution in [-0.2, 0) is 17.9 Å². The Hall–Kier alpha value is -1.20. The molecule has 0 aliphatic carbocycles. The maximum atomic E-state index is 9.96. The van der Waals surface area contributed by atoms with Gasteiger partial charge in [-0.3, -0.25) is 4.90 Å². The Morgan fingerprint density at radius 2 is 2.00 bits per heavy atom. The Bertz CT molecular complexity index is 472. The number of likely N-dealkylation sites (N-methyl/N-ethyl adjacent to an activating group) is 1. The van der Waals surface area contributed by atoms with Crippen molar-refractivity contribution in [1.82, 2.24) is 4.90 Å². The standard InChI is InChI=1S/C16H21NO2S/c1-17(9-15-7-8-20-13-15)10-16(18)12-19-11-14-5-3-2-4-6-14/h2-8,13,16,18H,9-12H2,1H3. The van der Waals surface area contributed by atoms with Gasteiger partial charge in [-0.05, 0) is 35.0 Å². The molecule has 2 aromatic rings.